The van der Waals surface area contributed by atoms with Crippen molar-refractivity contribution >= 4 is 22.8 Å². The highest BCUT2D eigenvalue weighted by Gasteiger charge is 2.35. The van der Waals surface area contributed by atoms with Crippen LogP contribution in [0.4, 0.5) is 13.2 Å². The van der Waals surface area contributed by atoms with Crippen molar-refractivity contribution in [3.05, 3.63) is 41.6 Å². The lowest BCUT2D eigenvalue weighted by atomic mass is 9.82. The lowest BCUT2D eigenvalue weighted by molar-refractivity contribution is -0.274. The van der Waals surface area contributed by atoms with Gasteiger partial charge in [-0.3, -0.25) is 9.59 Å². The number of halogens is 3. The summed E-state index contributed by atoms with van der Waals surface area (Å²) in [5.74, 6) is -1.95. The van der Waals surface area contributed by atoms with Gasteiger partial charge in [0.15, 0.2) is 0 Å². The van der Waals surface area contributed by atoms with Gasteiger partial charge in [-0.1, -0.05) is 12.2 Å². The summed E-state index contributed by atoms with van der Waals surface area (Å²) in [5, 5.41) is 3.48. The van der Waals surface area contributed by atoms with Crippen LogP contribution in [0.5, 0.6) is 5.75 Å². The van der Waals surface area contributed by atoms with Crippen LogP contribution >= 0.6 is 0 Å². The van der Waals surface area contributed by atoms with Gasteiger partial charge in [-0.25, -0.2) is 0 Å². The van der Waals surface area contributed by atoms with Crippen molar-refractivity contribution in [3.63, 3.8) is 0 Å². The Labute approximate surface area is 184 Å². The standard InChI is InChI=1S/C23H27F3N2O4/c1-13(2)31-22(30)18-7-5-4-6-17(18)21(29)27-11-10-16-14(3)28-20-9-8-15(12-19(16)20)32-23(24,25)26/h4-5,8-9,12-13,17-18,28H,6-7,10-11H2,1-3H3,(H,27,29). The highest BCUT2D eigenvalue weighted by molar-refractivity contribution is 5.87. The van der Waals surface area contributed by atoms with Crippen molar-refractivity contribution in [1.29, 1.82) is 0 Å². The Morgan fingerprint density at radius 1 is 1.19 bits per heavy atom. The predicted molar refractivity (Wildman–Crippen MR) is 113 cm³/mol. The SMILES string of the molecule is Cc1[nH]c2ccc(OC(F)(F)F)cc2c1CCNC(=O)C1CC=CCC1C(=O)OC(C)C. The van der Waals surface area contributed by atoms with Gasteiger partial charge in [-0.15, -0.1) is 13.2 Å². The molecule has 6 nitrogen and oxygen atoms in total. The first kappa shape index (κ1) is 23.7. The molecule has 0 radical (unpaired) electrons. The molecular weight excluding hydrogens is 425 g/mol. The third-order valence-corrected chi connectivity index (χ3v) is 5.42. The minimum absolute atomic E-state index is 0.237. The Morgan fingerprint density at radius 2 is 1.88 bits per heavy atom. The number of carbonyl (C=O) groups is 2. The molecule has 2 N–H and O–H groups in total. The van der Waals surface area contributed by atoms with Gasteiger partial charge in [-0.05, 0) is 63.8 Å². The van der Waals surface area contributed by atoms with E-state index in [0.29, 0.717) is 30.2 Å². The maximum absolute atomic E-state index is 12.8. The number of hydrogen-bond acceptors (Lipinski definition) is 4. The van der Waals surface area contributed by atoms with E-state index in [9.17, 15) is 22.8 Å². The number of ether oxygens (including phenoxy) is 2. The summed E-state index contributed by atoms with van der Waals surface area (Å²) in [4.78, 5) is 28.3. The van der Waals surface area contributed by atoms with E-state index in [0.717, 1.165) is 11.3 Å². The van der Waals surface area contributed by atoms with Gasteiger partial charge >= 0.3 is 12.3 Å². The Balaban J connectivity index is 1.67. The molecular formula is C23H27F3N2O4. The summed E-state index contributed by atoms with van der Waals surface area (Å²) >= 11 is 0. The third-order valence-electron chi connectivity index (χ3n) is 5.42. The second-order valence-electron chi connectivity index (χ2n) is 8.17. The Kier molecular flexibility index (Phi) is 7.16. The molecule has 2 aromatic rings. The fourth-order valence-corrected chi connectivity index (χ4v) is 4.01. The normalized spacial score (nSPS) is 18.7. The van der Waals surface area contributed by atoms with E-state index >= 15 is 0 Å². The quantitative estimate of drug-likeness (QED) is 0.477. The number of rotatable bonds is 7. The number of aryl methyl sites for hydroxylation is 1. The van der Waals surface area contributed by atoms with Crippen LogP contribution in [0, 0.1) is 18.8 Å². The molecule has 0 bridgehead atoms. The molecule has 2 atom stereocenters. The van der Waals surface area contributed by atoms with Crippen LogP contribution in [0.15, 0.2) is 30.4 Å². The summed E-state index contributed by atoms with van der Waals surface area (Å²) in [6.45, 7) is 5.63. The zero-order chi connectivity index (χ0) is 23.5. The fourth-order valence-electron chi connectivity index (χ4n) is 4.01. The maximum Gasteiger partial charge on any atom is 0.573 e. The van der Waals surface area contributed by atoms with Crippen LogP contribution < -0.4 is 10.1 Å². The average molecular weight is 452 g/mol. The topological polar surface area (TPSA) is 80.4 Å². The van der Waals surface area contributed by atoms with Gasteiger partial charge in [0.05, 0.1) is 17.9 Å². The summed E-state index contributed by atoms with van der Waals surface area (Å²) < 4.78 is 47.0. The number of allylic oxidation sites excluding steroid dienone is 2. The predicted octanol–water partition coefficient (Wildman–Crippen LogP) is 4.57. The summed E-state index contributed by atoms with van der Waals surface area (Å²) in [7, 11) is 0. The Bertz CT molecular complexity index is 1010. The van der Waals surface area contributed by atoms with Crippen molar-refractivity contribution < 1.29 is 32.2 Å². The number of esters is 1. The van der Waals surface area contributed by atoms with Gasteiger partial charge in [-0.2, -0.15) is 0 Å². The molecule has 2 unspecified atom stereocenters. The van der Waals surface area contributed by atoms with Crippen molar-refractivity contribution in [2.24, 2.45) is 11.8 Å². The van der Waals surface area contributed by atoms with Gasteiger partial charge in [0.1, 0.15) is 5.75 Å². The number of alkyl halides is 3. The van der Waals surface area contributed by atoms with Crippen molar-refractivity contribution in [2.45, 2.75) is 52.5 Å². The molecule has 0 saturated carbocycles. The lowest BCUT2D eigenvalue weighted by Crippen LogP contribution is -2.40. The average Bonchev–Trinajstić information content (AvgIpc) is 3.01. The monoisotopic (exact) mass is 452 g/mol. The van der Waals surface area contributed by atoms with Crippen molar-refractivity contribution in [2.75, 3.05) is 6.54 Å². The smallest absolute Gasteiger partial charge is 0.463 e. The maximum atomic E-state index is 12.8. The second-order valence-corrected chi connectivity index (χ2v) is 8.17. The van der Waals surface area contributed by atoms with Gasteiger partial charge < -0.3 is 19.8 Å². The zero-order valence-corrected chi connectivity index (χ0v) is 18.2. The van der Waals surface area contributed by atoms with Gasteiger partial charge in [0, 0.05) is 23.1 Å². The largest absolute Gasteiger partial charge is 0.573 e. The first-order valence-corrected chi connectivity index (χ1v) is 10.6. The first-order chi connectivity index (χ1) is 15.0. The van der Waals surface area contributed by atoms with Crippen LogP contribution in [0.25, 0.3) is 10.9 Å². The van der Waals surface area contributed by atoms with E-state index in [1.807, 2.05) is 19.1 Å². The molecule has 32 heavy (non-hydrogen) atoms. The Morgan fingerprint density at radius 3 is 2.53 bits per heavy atom. The van der Waals surface area contributed by atoms with Crippen LogP contribution in [-0.4, -0.2) is 35.9 Å². The number of amides is 1. The molecule has 0 aliphatic heterocycles. The van der Waals surface area contributed by atoms with Crippen LogP contribution in [0.1, 0.15) is 37.9 Å². The molecule has 9 heteroatoms. The summed E-state index contributed by atoms with van der Waals surface area (Å²) in [6.07, 6.45) is 0.0572. The molecule has 1 aromatic carbocycles. The van der Waals surface area contributed by atoms with Crippen LogP contribution in [-0.2, 0) is 20.7 Å². The van der Waals surface area contributed by atoms with Gasteiger partial charge in [0.2, 0.25) is 5.91 Å². The lowest BCUT2D eigenvalue weighted by Gasteiger charge is -2.26. The highest BCUT2D eigenvalue weighted by atomic mass is 19.4. The third kappa shape index (κ3) is 5.83. The van der Waals surface area contributed by atoms with E-state index in [2.05, 4.69) is 15.0 Å². The molecule has 1 heterocycles. The summed E-state index contributed by atoms with van der Waals surface area (Å²) in [5.41, 5.74) is 2.29. The number of benzene rings is 1. The molecule has 1 aliphatic rings. The molecule has 1 amide bonds. The molecule has 1 aliphatic carbocycles. The first-order valence-electron chi connectivity index (χ1n) is 10.6. The number of carbonyl (C=O) groups excluding carboxylic acids is 2. The minimum atomic E-state index is -4.77. The second kappa shape index (κ2) is 9.67. The van der Waals surface area contributed by atoms with E-state index < -0.39 is 18.2 Å². The number of hydrogen-bond donors (Lipinski definition) is 2. The van der Waals surface area contributed by atoms with E-state index in [1.165, 1.54) is 18.2 Å². The number of nitrogens with one attached hydrogen (secondary N) is 2. The molecule has 1 aromatic heterocycles. The van der Waals surface area contributed by atoms with Gasteiger partial charge in [0.25, 0.3) is 0 Å². The molecule has 0 saturated heterocycles. The van der Waals surface area contributed by atoms with Crippen molar-refractivity contribution in [1.82, 2.24) is 10.3 Å². The van der Waals surface area contributed by atoms with E-state index in [4.69, 9.17) is 4.74 Å². The highest BCUT2D eigenvalue weighted by Crippen LogP contribution is 2.30. The minimum Gasteiger partial charge on any atom is -0.463 e. The number of H-pyrrole nitrogens is 1. The molecule has 0 fully saturated rings. The molecule has 174 valence electrons. The Hall–Kier alpha value is -2.97. The zero-order valence-electron chi connectivity index (χ0n) is 18.2. The molecule has 3 rings (SSSR count). The fraction of sp³-hybridized carbons (Fsp3) is 0.478. The molecule has 0 spiro atoms. The number of aromatic amines is 1. The van der Waals surface area contributed by atoms with Crippen molar-refractivity contribution in [3.8, 4) is 5.75 Å². The van der Waals surface area contributed by atoms with Crippen LogP contribution in [0.3, 0.4) is 0 Å². The number of aromatic nitrogens is 1. The summed E-state index contributed by atoms with van der Waals surface area (Å²) in [6, 6.07) is 4.13. The number of fused-ring (bicyclic) bond motifs is 1. The van der Waals surface area contributed by atoms with E-state index in [-0.39, 0.29) is 30.3 Å². The van der Waals surface area contributed by atoms with E-state index in [1.54, 1.807) is 13.8 Å². The van der Waals surface area contributed by atoms with Crippen LogP contribution in [0.2, 0.25) is 0 Å².